The van der Waals surface area contributed by atoms with Crippen LogP contribution in [0.4, 0.5) is 13.2 Å². The number of carboxylic acid groups (broad SMARTS) is 1. The lowest BCUT2D eigenvalue weighted by molar-refractivity contribution is -0.137. The topological polar surface area (TPSA) is 83.6 Å². The van der Waals surface area contributed by atoms with E-state index in [0.29, 0.717) is 0 Å². The lowest BCUT2D eigenvalue weighted by atomic mass is 10.0. The third kappa shape index (κ3) is 2.25. The molecule has 1 rings (SSSR count). The Morgan fingerprint density at radius 3 is 2.44 bits per heavy atom. The van der Waals surface area contributed by atoms with Crippen LogP contribution in [0.2, 0.25) is 0 Å². The van der Waals surface area contributed by atoms with Crippen LogP contribution in [-0.2, 0) is 4.79 Å². The van der Waals surface area contributed by atoms with Crippen LogP contribution in [0.5, 0.6) is 5.75 Å². The van der Waals surface area contributed by atoms with Crippen LogP contribution in [0, 0.1) is 17.5 Å². The van der Waals surface area contributed by atoms with E-state index in [1.165, 1.54) is 0 Å². The highest BCUT2D eigenvalue weighted by molar-refractivity contribution is 5.68. The van der Waals surface area contributed by atoms with Gasteiger partial charge in [0.2, 0.25) is 0 Å². The molecule has 16 heavy (non-hydrogen) atoms. The Hall–Kier alpha value is -1.76. The number of phenolic OH excluding ortho intramolecular Hbond substituents is 1. The quantitative estimate of drug-likeness (QED) is 0.689. The average Bonchev–Trinajstić information content (AvgIpc) is 2.14. The molecule has 4 N–H and O–H groups in total. The monoisotopic (exact) mass is 235 g/mol. The number of benzene rings is 1. The van der Waals surface area contributed by atoms with Gasteiger partial charge in [-0.15, -0.1) is 0 Å². The fourth-order valence-corrected chi connectivity index (χ4v) is 1.23. The summed E-state index contributed by atoms with van der Waals surface area (Å²) in [5.41, 5.74) is 4.22. The van der Waals surface area contributed by atoms with Crippen LogP contribution in [0.3, 0.4) is 0 Å². The summed E-state index contributed by atoms with van der Waals surface area (Å²) in [6, 6.07) is -1.32. The van der Waals surface area contributed by atoms with Gasteiger partial charge in [0.05, 0.1) is 6.42 Å². The van der Waals surface area contributed by atoms with Gasteiger partial charge in [-0.1, -0.05) is 0 Å². The molecular weight excluding hydrogens is 227 g/mol. The second kappa shape index (κ2) is 4.40. The molecule has 0 aliphatic rings. The van der Waals surface area contributed by atoms with Gasteiger partial charge in [0.25, 0.3) is 0 Å². The standard InChI is InChI=1S/C9H8F3NO3/c10-3-1-5(14)9(12)7(8(3)11)4(13)2-6(15)16/h1,4,14H,2,13H2,(H,15,16). The van der Waals surface area contributed by atoms with E-state index in [1.54, 1.807) is 0 Å². The van der Waals surface area contributed by atoms with Crippen LogP contribution in [0.15, 0.2) is 6.07 Å². The first-order chi connectivity index (χ1) is 7.34. The molecule has 0 aliphatic carbocycles. The fraction of sp³-hybridized carbons (Fsp3) is 0.222. The summed E-state index contributed by atoms with van der Waals surface area (Å²) in [6.45, 7) is 0. The Morgan fingerprint density at radius 1 is 1.38 bits per heavy atom. The first-order valence-corrected chi connectivity index (χ1v) is 4.18. The Kier molecular flexibility index (Phi) is 3.38. The van der Waals surface area contributed by atoms with Crippen molar-refractivity contribution >= 4 is 5.97 Å². The van der Waals surface area contributed by atoms with Crippen LogP contribution < -0.4 is 5.73 Å². The van der Waals surface area contributed by atoms with Crippen molar-refractivity contribution in [1.29, 1.82) is 0 Å². The highest BCUT2D eigenvalue weighted by atomic mass is 19.2. The highest BCUT2D eigenvalue weighted by Gasteiger charge is 2.24. The van der Waals surface area contributed by atoms with Crippen molar-refractivity contribution in [3.05, 3.63) is 29.1 Å². The molecule has 88 valence electrons. The van der Waals surface area contributed by atoms with Crippen molar-refractivity contribution < 1.29 is 28.2 Å². The zero-order chi connectivity index (χ0) is 12.5. The number of halogens is 3. The predicted octanol–water partition coefficient (Wildman–Crippen LogP) is 1.28. The van der Waals surface area contributed by atoms with Crippen molar-refractivity contribution in [2.75, 3.05) is 0 Å². The second-order valence-electron chi connectivity index (χ2n) is 3.12. The van der Waals surface area contributed by atoms with Crippen LogP contribution >= 0.6 is 0 Å². The Labute approximate surface area is 88.1 Å². The van der Waals surface area contributed by atoms with Gasteiger partial charge in [0.15, 0.2) is 23.2 Å². The van der Waals surface area contributed by atoms with Crippen molar-refractivity contribution in [2.45, 2.75) is 12.5 Å². The van der Waals surface area contributed by atoms with Crippen molar-refractivity contribution in [1.82, 2.24) is 0 Å². The summed E-state index contributed by atoms with van der Waals surface area (Å²) in [6.07, 6.45) is -0.781. The zero-order valence-electron chi connectivity index (χ0n) is 7.88. The largest absolute Gasteiger partial charge is 0.505 e. The Morgan fingerprint density at radius 2 is 1.94 bits per heavy atom. The summed E-state index contributed by atoms with van der Waals surface area (Å²) in [5, 5.41) is 17.3. The van der Waals surface area contributed by atoms with Crippen molar-refractivity contribution in [3.63, 3.8) is 0 Å². The lowest BCUT2D eigenvalue weighted by Crippen LogP contribution is -2.18. The number of phenols is 1. The Balaban J connectivity index is 3.26. The molecule has 4 nitrogen and oxygen atoms in total. The molecule has 0 spiro atoms. The minimum Gasteiger partial charge on any atom is -0.505 e. The molecule has 0 radical (unpaired) electrons. The fourth-order valence-electron chi connectivity index (χ4n) is 1.23. The molecule has 7 heteroatoms. The number of rotatable bonds is 3. The number of aromatic hydroxyl groups is 1. The smallest absolute Gasteiger partial charge is 0.305 e. The molecule has 0 bridgehead atoms. The van der Waals surface area contributed by atoms with Gasteiger partial charge in [-0.2, -0.15) is 0 Å². The highest BCUT2D eigenvalue weighted by Crippen LogP contribution is 2.29. The van der Waals surface area contributed by atoms with Gasteiger partial charge in [0.1, 0.15) is 0 Å². The molecule has 1 aromatic carbocycles. The Bertz CT molecular complexity index is 410. The first kappa shape index (κ1) is 12.3. The molecule has 0 saturated carbocycles. The summed E-state index contributed by atoms with van der Waals surface area (Å²) >= 11 is 0. The molecule has 0 aliphatic heterocycles. The van der Waals surface area contributed by atoms with Gasteiger partial charge >= 0.3 is 5.97 Å². The van der Waals surface area contributed by atoms with Crippen molar-refractivity contribution in [3.8, 4) is 5.75 Å². The maximum absolute atomic E-state index is 13.2. The molecule has 0 fully saturated rings. The van der Waals surface area contributed by atoms with Crippen LogP contribution in [0.25, 0.3) is 0 Å². The van der Waals surface area contributed by atoms with E-state index in [-0.39, 0.29) is 6.07 Å². The molecule has 0 amide bonds. The number of hydrogen-bond acceptors (Lipinski definition) is 3. The number of aliphatic carboxylic acids is 1. The van der Waals surface area contributed by atoms with E-state index >= 15 is 0 Å². The lowest BCUT2D eigenvalue weighted by Gasteiger charge is -2.12. The van der Waals surface area contributed by atoms with E-state index < -0.39 is 47.2 Å². The summed E-state index contributed by atoms with van der Waals surface area (Å²) in [7, 11) is 0. The zero-order valence-corrected chi connectivity index (χ0v) is 7.88. The maximum Gasteiger partial charge on any atom is 0.305 e. The molecule has 1 atom stereocenters. The number of hydrogen-bond donors (Lipinski definition) is 3. The van der Waals surface area contributed by atoms with Crippen LogP contribution in [-0.4, -0.2) is 16.2 Å². The molecule has 1 aromatic rings. The van der Waals surface area contributed by atoms with E-state index in [2.05, 4.69) is 0 Å². The third-order valence-corrected chi connectivity index (χ3v) is 1.94. The van der Waals surface area contributed by atoms with Gasteiger partial charge in [-0.05, 0) is 0 Å². The van der Waals surface area contributed by atoms with Crippen molar-refractivity contribution in [2.24, 2.45) is 5.73 Å². The third-order valence-electron chi connectivity index (χ3n) is 1.94. The van der Waals surface area contributed by atoms with Gasteiger partial charge < -0.3 is 15.9 Å². The molecule has 0 aromatic heterocycles. The summed E-state index contributed by atoms with van der Waals surface area (Å²) in [5.74, 6) is -7.05. The SMILES string of the molecule is NC(CC(=O)O)c1c(F)c(O)cc(F)c1F. The summed E-state index contributed by atoms with van der Waals surface area (Å²) < 4.78 is 39.2. The average molecular weight is 235 g/mol. The molecular formula is C9H8F3NO3. The van der Waals surface area contributed by atoms with Gasteiger partial charge in [-0.3, -0.25) is 4.79 Å². The van der Waals surface area contributed by atoms with Gasteiger partial charge in [-0.25, -0.2) is 13.2 Å². The van der Waals surface area contributed by atoms with E-state index in [0.717, 1.165) is 0 Å². The normalized spacial score (nSPS) is 12.5. The van der Waals surface area contributed by atoms with E-state index in [4.69, 9.17) is 15.9 Å². The van der Waals surface area contributed by atoms with Gasteiger partial charge in [0, 0.05) is 17.7 Å². The molecule has 0 heterocycles. The van der Waals surface area contributed by atoms with E-state index in [9.17, 15) is 18.0 Å². The minimum atomic E-state index is -1.59. The molecule has 1 unspecified atom stereocenters. The second-order valence-corrected chi connectivity index (χ2v) is 3.12. The maximum atomic E-state index is 13.2. The minimum absolute atomic E-state index is 0.252. The summed E-state index contributed by atoms with van der Waals surface area (Å²) in [4.78, 5) is 10.3. The number of nitrogens with two attached hydrogens (primary N) is 1. The van der Waals surface area contributed by atoms with Crippen LogP contribution in [0.1, 0.15) is 18.0 Å². The number of carbonyl (C=O) groups is 1. The first-order valence-electron chi connectivity index (χ1n) is 4.18. The molecule has 0 saturated heterocycles. The number of carboxylic acids is 1. The predicted molar refractivity (Wildman–Crippen MR) is 47.2 cm³/mol. The van der Waals surface area contributed by atoms with E-state index in [1.807, 2.05) is 0 Å².